The van der Waals surface area contributed by atoms with Gasteiger partial charge in [-0.3, -0.25) is 4.99 Å². The van der Waals surface area contributed by atoms with Crippen LogP contribution in [0.5, 0.6) is 0 Å². The minimum Gasteiger partial charge on any atom is -0.460 e. The second-order valence-corrected chi connectivity index (χ2v) is 7.20. The fraction of sp³-hybridized carbons (Fsp3) is 0.500. The number of aryl methyl sites for hydroxylation is 1. The van der Waals surface area contributed by atoms with Crippen molar-refractivity contribution < 1.29 is 4.42 Å². The van der Waals surface area contributed by atoms with E-state index in [1.165, 1.54) is 56.4 Å². The molecule has 0 aliphatic rings. The van der Waals surface area contributed by atoms with Crippen molar-refractivity contribution in [3.05, 3.63) is 65.5 Å². The number of nitrogens with zero attached hydrogens (tertiary/aromatic N) is 2. The second-order valence-electron chi connectivity index (χ2n) is 7.20. The van der Waals surface area contributed by atoms with Crippen molar-refractivity contribution in [2.24, 2.45) is 4.99 Å². The second kappa shape index (κ2) is 12.5. The Hall–Kier alpha value is -1.87. The van der Waals surface area contributed by atoms with Gasteiger partial charge in [-0.25, -0.2) is 0 Å². The zero-order valence-corrected chi connectivity index (χ0v) is 17.3. The molecule has 0 aliphatic heterocycles. The molecule has 1 radical (unpaired) electrons. The molecule has 3 heteroatoms. The van der Waals surface area contributed by atoms with E-state index in [9.17, 15) is 0 Å². The van der Waals surface area contributed by atoms with Crippen molar-refractivity contribution in [2.45, 2.75) is 59.4 Å². The molecule has 0 amide bonds. The van der Waals surface area contributed by atoms with Gasteiger partial charge in [-0.2, -0.15) is 0 Å². The normalized spacial score (nSPS) is 11.7. The number of rotatable bonds is 13. The lowest BCUT2D eigenvalue weighted by molar-refractivity contribution is 0.269. The Morgan fingerprint density at radius 2 is 1.67 bits per heavy atom. The van der Waals surface area contributed by atoms with E-state index in [4.69, 9.17) is 4.42 Å². The molecule has 0 spiro atoms. The van der Waals surface area contributed by atoms with Crippen molar-refractivity contribution in [2.75, 3.05) is 19.6 Å². The fourth-order valence-corrected chi connectivity index (χ4v) is 3.24. The third-order valence-electron chi connectivity index (χ3n) is 4.62. The smallest absolute Gasteiger partial charge is 0.144 e. The molecule has 2 rings (SSSR count). The molecule has 0 N–H and O–H groups in total. The van der Waals surface area contributed by atoms with E-state index in [0.717, 1.165) is 17.9 Å². The summed E-state index contributed by atoms with van der Waals surface area (Å²) in [4.78, 5) is 7.05. The molecular weight excluding hydrogens is 332 g/mol. The van der Waals surface area contributed by atoms with Crippen LogP contribution in [-0.2, 0) is 6.54 Å². The van der Waals surface area contributed by atoms with E-state index in [0.29, 0.717) is 6.54 Å². The minimum atomic E-state index is 0.685. The molecule has 3 nitrogen and oxygen atoms in total. The van der Waals surface area contributed by atoms with Crippen LogP contribution in [0, 0.1) is 13.3 Å². The summed E-state index contributed by atoms with van der Waals surface area (Å²) in [5.74, 6) is 1.73. The standard InChI is InChI=1S/C24H35N2O/c1-4-16-26(17-5-2)18-8-6-7-9-22-11-13-23(14-12-22)19-25-20-24-15-10-21(3)27-24/h9-15,20H,4-8,16-19H2,1-3H3. The van der Waals surface area contributed by atoms with Crippen molar-refractivity contribution >= 4 is 6.21 Å². The Morgan fingerprint density at radius 1 is 0.926 bits per heavy atom. The van der Waals surface area contributed by atoms with E-state index in [1.807, 2.05) is 19.1 Å². The van der Waals surface area contributed by atoms with Crippen molar-refractivity contribution in [3.63, 3.8) is 0 Å². The summed E-state index contributed by atoms with van der Waals surface area (Å²) in [5.41, 5.74) is 2.53. The minimum absolute atomic E-state index is 0.685. The molecule has 1 heterocycles. The van der Waals surface area contributed by atoms with Gasteiger partial charge in [0.1, 0.15) is 11.5 Å². The van der Waals surface area contributed by atoms with Crippen LogP contribution in [0.25, 0.3) is 0 Å². The van der Waals surface area contributed by atoms with Crippen molar-refractivity contribution in [3.8, 4) is 0 Å². The number of unbranched alkanes of at least 4 members (excludes halogenated alkanes) is 2. The van der Waals surface area contributed by atoms with Crippen LogP contribution in [0.3, 0.4) is 0 Å². The summed E-state index contributed by atoms with van der Waals surface area (Å²) >= 11 is 0. The Balaban J connectivity index is 1.64. The third-order valence-corrected chi connectivity index (χ3v) is 4.62. The monoisotopic (exact) mass is 367 g/mol. The quantitative estimate of drug-likeness (QED) is 0.318. The zero-order valence-electron chi connectivity index (χ0n) is 17.3. The summed E-state index contributed by atoms with van der Waals surface area (Å²) in [5, 5.41) is 0. The maximum Gasteiger partial charge on any atom is 0.144 e. The highest BCUT2D eigenvalue weighted by Gasteiger charge is 2.02. The van der Waals surface area contributed by atoms with Gasteiger partial charge in [-0.1, -0.05) is 44.5 Å². The number of furan rings is 1. The predicted octanol–water partition coefficient (Wildman–Crippen LogP) is 6.05. The third kappa shape index (κ3) is 8.57. The molecule has 0 saturated heterocycles. The van der Waals surface area contributed by atoms with Crippen LogP contribution in [-0.4, -0.2) is 30.7 Å². The molecule has 27 heavy (non-hydrogen) atoms. The first-order valence-corrected chi connectivity index (χ1v) is 10.4. The van der Waals surface area contributed by atoms with Gasteiger partial charge in [0.15, 0.2) is 0 Å². The molecule has 0 atom stereocenters. The molecule has 0 unspecified atom stereocenters. The van der Waals surface area contributed by atoms with E-state index in [2.05, 4.69) is 54.4 Å². The number of hydrogen-bond acceptors (Lipinski definition) is 3. The van der Waals surface area contributed by atoms with E-state index >= 15 is 0 Å². The summed E-state index contributed by atoms with van der Waals surface area (Å²) in [7, 11) is 0. The maximum atomic E-state index is 5.49. The largest absolute Gasteiger partial charge is 0.460 e. The average Bonchev–Trinajstić information content (AvgIpc) is 3.08. The molecule has 0 aliphatic carbocycles. The summed E-state index contributed by atoms with van der Waals surface area (Å²) in [6.45, 7) is 10.9. The Morgan fingerprint density at radius 3 is 2.30 bits per heavy atom. The van der Waals surface area contributed by atoms with Gasteiger partial charge in [0, 0.05) is 0 Å². The Kier molecular flexibility index (Phi) is 9.93. The van der Waals surface area contributed by atoms with Gasteiger partial charge < -0.3 is 9.32 Å². The molecular formula is C24H35N2O. The predicted molar refractivity (Wildman–Crippen MR) is 115 cm³/mol. The van der Waals surface area contributed by atoms with Crippen LogP contribution in [0.15, 0.2) is 45.8 Å². The topological polar surface area (TPSA) is 28.7 Å². The lowest BCUT2D eigenvalue weighted by atomic mass is 10.0. The maximum absolute atomic E-state index is 5.49. The number of benzene rings is 1. The number of hydrogen-bond donors (Lipinski definition) is 0. The first-order valence-electron chi connectivity index (χ1n) is 10.4. The first kappa shape index (κ1) is 21.4. The molecule has 1 aromatic carbocycles. The highest BCUT2D eigenvalue weighted by Crippen LogP contribution is 2.12. The highest BCUT2D eigenvalue weighted by atomic mass is 16.3. The summed E-state index contributed by atoms with van der Waals surface area (Å²) in [6.07, 6.45) is 10.4. The van der Waals surface area contributed by atoms with E-state index < -0.39 is 0 Å². The van der Waals surface area contributed by atoms with Crippen molar-refractivity contribution in [1.29, 1.82) is 0 Å². The SMILES string of the molecule is CCCN(CCC)CCCC[CH]c1ccc(CN=Cc2ccc(C)o2)cc1. The van der Waals surface area contributed by atoms with Crippen LogP contribution < -0.4 is 0 Å². The number of aliphatic imine (C=N–C) groups is 1. The molecule has 2 aromatic rings. The van der Waals surface area contributed by atoms with E-state index in [1.54, 1.807) is 6.21 Å². The van der Waals surface area contributed by atoms with Gasteiger partial charge in [0.25, 0.3) is 0 Å². The molecule has 0 fully saturated rings. The lowest BCUT2D eigenvalue weighted by Gasteiger charge is -2.20. The van der Waals surface area contributed by atoms with Gasteiger partial charge in [0.05, 0.1) is 12.8 Å². The first-order chi connectivity index (χ1) is 13.2. The Labute approximate surface area is 165 Å². The molecule has 147 valence electrons. The lowest BCUT2D eigenvalue weighted by Crippen LogP contribution is -2.26. The van der Waals surface area contributed by atoms with Crippen LogP contribution >= 0.6 is 0 Å². The summed E-state index contributed by atoms with van der Waals surface area (Å²) < 4.78 is 5.49. The van der Waals surface area contributed by atoms with Crippen molar-refractivity contribution in [1.82, 2.24) is 4.90 Å². The van der Waals surface area contributed by atoms with Gasteiger partial charge in [0.2, 0.25) is 0 Å². The van der Waals surface area contributed by atoms with Crippen LogP contribution in [0.2, 0.25) is 0 Å². The average molecular weight is 368 g/mol. The fourth-order valence-electron chi connectivity index (χ4n) is 3.24. The van der Waals surface area contributed by atoms with Crippen LogP contribution in [0.1, 0.15) is 68.6 Å². The highest BCUT2D eigenvalue weighted by molar-refractivity contribution is 5.75. The van der Waals surface area contributed by atoms with Gasteiger partial charge >= 0.3 is 0 Å². The Bertz CT molecular complexity index is 651. The molecule has 0 saturated carbocycles. The van der Waals surface area contributed by atoms with Gasteiger partial charge in [-0.15, -0.1) is 0 Å². The zero-order chi connectivity index (χ0) is 19.3. The van der Waals surface area contributed by atoms with Gasteiger partial charge in [-0.05, 0) is 81.9 Å². The van der Waals surface area contributed by atoms with E-state index in [-0.39, 0.29) is 0 Å². The molecule has 1 aromatic heterocycles. The summed E-state index contributed by atoms with van der Waals surface area (Å²) in [6, 6.07) is 12.6. The van der Waals surface area contributed by atoms with Crippen LogP contribution in [0.4, 0.5) is 0 Å². The molecule has 0 bridgehead atoms.